The van der Waals surface area contributed by atoms with Crippen LogP contribution in [0.25, 0.3) is 0 Å². The minimum Gasteiger partial charge on any atom is -0.494 e. The van der Waals surface area contributed by atoms with Crippen molar-refractivity contribution in [3.63, 3.8) is 0 Å². The number of sulfonamides is 1. The van der Waals surface area contributed by atoms with Crippen LogP contribution in [-0.2, 0) is 10.0 Å². The fraction of sp³-hybridized carbons (Fsp3) is 0.188. The lowest BCUT2D eigenvalue weighted by Gasteiger charge is -2.07. The van der Waals surface area contributed by atoms with Gasteiger partial charge in [-0.15, -0.1) is 0 Å². The third-order valence-corrected chi connectivity index (χ3v) is 4.86. The van der Waals surface area contributed by atoms with E-state index in [-0.39, 0.29) is 4.90 Å². The van der Waals surface area contributed by atoms with Crippen LogP contribution in [-0.4, -0.2) is 28.3 Å². The summed E-state index contributed by atoms with van der Waals surface area (Å²) in [6, 6.07) is 9.13. The first kappa shape index (κ1) is 19.4. The van der Waals surface area contributed by atoms with E-state index in [1.165, 1.54) is 25.5 Å². The van der Waals surface area contributed by atoms with E-state index < -0.39 is 10.0 Å². The van der Waals surface area contributed by atoms with Crippen LogP contribution in [0.15, 0.2) is 46.4 Å². The minimum absolute atomic E-state index is 0.0684. The summed E-state index contributed by atoms with van der Waals surface area (Å²) in [5.41, 5.74) is 0.519. The van der Waals surface area contributed by atoms with Crippen LogP contribution in [0.3, 0.4) is 0 Å². The molecule has 0 saturated carbocycles. The molecule has 0 radical (unpaired) electrons. The molecule has 25 heavy (non-hydrogen) atoms. The van der Waals surface area contributed by atoms with Gasteiger partial charge in [-0.3, -0.25) is 0 Å². The highest BCUT2D eigenvalue weighted by atomic mass is 35.5. The second-order valence-corrected chi connectivity index (χ2v) is 7.25. The molecule has 9 heteroatoms. The minimum atomic E-state index is -3.79. The fourth-order valence-electron chi connectivity index (χ4n) is 1.95. The Hall–Kier alpha value is -1.96. The number of nitrogens with zero attached hydrogens (tertiary/aromatic N) is 1. The topological polar surface area (TPSA) is 77.0 Å². The van der Waals surface area contributed by atoms with Gasteiger partial charge < -0.3 is 9.47 Å². The van der Waals surface area contributed by atoms with Crippen LogP contribution >= 0.6 is 23.2 Å². The molecule has 0 heterocycles. The van der Waals surface area contributed by atoms with Gasteiger partial charge in [0.15, 0.2) is 5.75 Å². The number of nitrogens with one attached hydrogen (secondary N) is 1. The van der Waals surface area contributed by atoms with Crippen molar-refractivity contribution < 1.29 is 17.9 Å². The maximum atomic E-state index is 12.2. The van der Waals surface area contributed by atoms with Crippen LogP contribution in [0.4, 0.5) is 0 Å². The van der Waals surface area contributed by atoms with Crippen LogP contribution in [0.1, 0.15) is 12.5 Å². The lowest BCUT2D eigenvalue weighted by molar-refractivity contribution is 0.340. The Morgan fingerprint density at radius 1 is 1.16 bits per heavy atom. The second kappa shape index (κ2) is 8.42. The molecule has 0 aliphatic heterocycles. The SMILES string of the molecule is CCOc1ccc(S(=O)(=O)N/N=C/c2cc(Cl)c(OC)c(Cl)c2)cc1. The van der Waals surface area contributed by atoms with Crippen LogP contribution in [0.5, 0.6) is 11.5 Å². The van der Waals surface area contributed by atoms with Gasteiger partial charge in [0.05, 0.1) is 34.9 Å². The Bertz CT molecular complexity index is 845. The van der Waals surface area contributed by atoms with E-state index in [2.05, 4.69) is 9.93 Å². The molecule has 0 fully saturated rings. The van der Waals surface area contributed by atoms with Gasteiger partial charge in [-0.05, 0) is 48.9 Å². The Labute approximate surface area is 156 Å². The second-order valence-electron chi connectivity index (χ2n) is 4.78. The van der Waals surface area contributed by atoms with Crippen molar-refractivity contribution in [2.24, 2.45) is 5.10 Å². The van der Waals surface area contributed by atoms with E-state index in [0.29, 0.717) is 33.7 Å². The van der Waals surface area contributed by atoms with Gasteiger partial charge in [0.1, 0.15) is 5.75 Å². The normalized spacial score (nSPS) is 11.5. The van der Waals surface area contributed by atoms with Crippen molar-refractivity contribution in [2.75, 3.05) is 13.7 Å². The van der Waals surface area contributed by atoms with Gasteiger partial charge in [0.25, 0.3) is 10.0 Å². The summed E-state index contributed by atoms with van der Waals surface area (Å²) < 4.78 is 34.7. The Kier molecular flexibility index (Phi) is 6.52. The highest BCUT2D eigenvalue weighted by molar-refractivity contribution is 7.89. The molecule has 0 atom stereocenters. The maximum absolute atomic E-state index is 12.2. The summed E-state index contributed by atoms with van der Waals surface area (Å²) in [7, 11) is -2.34. The molecule has 0 amide bonds. The zero-order valence-corrected chi connectivity index (χ0v) is 15.8. The molecule has 0 unspecified atom stereocenters. The summed E-state index contributed by atoms with van der Waals surface area (Å²) >= 11 is 12.0. The molecule has 2 rings (SSSR count). The molecule has 0 aromatic heterocycles. The van der Waals surface area contributed by atoms with Crippen molar-refractivity contribution in [2.45, 2.75) is 11.8 Å². The standard InChI is InChI=1S/C16H16Cl2N2O4S/c1-3-24-12-4-6-13(7-5-12)25(21,22)20-19-10-11-8-14(17)16(23-2)15(18)9-11/h4-10,20H,3H2,1-2H3/b19-10+. The Morgan fingerprint density at radius 3 is 2.28 bits per heavy atom. The van der Waals surface area contributed by atoms with Crippen LogP contribution < -0.4 is 14.3 Å². The van der Waals surface area contributed by atoms with Gasteiger partial charge in [-0.25, -0.2) is 4.83 Å². The van der Waals surface area contributed by atoms with E-state index in [1.807, 2.05) is 6.92 Å². The smallest absolute Gasteiger partial charge is 0.276 e. The van der Waals surface area contributed by atoms with Gasteiger partial charge in [0, 0.05) is 0 Å². The molecule has 0 aliphatic carbocycles. The van der Waals surface area contributed by atoms with Crippen molar-refractivity contribution >= 4 is 39.4 Å². The zero-order valence-electron chi connectivity index (χ0n) is 13.5. The van der Waals surface area contributed by atoms with Crippen molar-refractivity contribution in [1.82, 2.24) is 4.83 Å². The van der Waals surface area contributed by atoms with E-state index in [9.17, 15) is 8.42 Å². The summed E-state index contributed by atoms with van der Waals surface area (Å²) in [6.45, 7) is 2.35. The van der Waals surface area contributed by atoms with E-state index in [1.54, 1.807) is 24.3 Å². The van der Waals surface area contributed by atoms with Gasteiger partial charge >= 0.3 is 0 Å². The molecule has 2 aromatic rings. The summed E-state index contributed by atoms with van der Waals surface area (Å²) in [4.78, 5) is 2.19. The number of ether oxygens (including phenoxy) is 2. The third-order valence-electron chi connectivity index (χ3n) is 3.06. The van der Waals surface area contributed by atoms with Gasteiger partial charge in [0.2, 0.25) is 0 Å². The molecular formula is C16H16Cl2N2O4S. The number of methoxy groups -OCH3 is 1. The average Bonchev–Trinajstić information content (AvgIpc) is 2.55. The molecule has 1 N–H and O–H groups in total. The first-order valence-corrected chi connectivity index (χ1v) is 9.42. The first-order chi connectivity index (χ1) is 11.9. The summed E-state index contributed by atoms with van der Waals surface area (Å²) in [5.74, 6) is 0.933. The first-order valence-electron chi connectivity index (χ1n) is 7.18. The zero-order chi connectivity index (χ0) is 18.4. The molecule has 0 spiro atoms. The number of hydrogen-bond donors (Lipinski definition) is 1. The Morgan fingerprint density at radius 2 is 1.76 bits per heavy atom. The van der Waals surface area contributed by atoms with E-state index >= 15 is 0 Å². The predicted octanol–water partition coefficient (Wildman–Crippen LogP) is 3.71. The molecule has 0 aliphatic rings. The van der Waals surface area contributed by atoms with E-state index in [4.69, 9.17) is 32.7 Å². The number of hydrazone groups is 1. The molecule has 6 nitrogen and oxygen atoms in total. The quantitative estimate of drug-likeness (QED) is 0.565. The highest BCUT2D eigenvalue weighted by Gasteiger charge is 2.13. The Balaban J connectivity index is 2.12. The monoisotopic (exact) mass is 402 g/mol. The lowest BCUT2D eigenvalue weighted by Crippen LogP contribution is -2.18. The van der Waals surface area contributed by atoms with Gasteiger partial charge in [-0.1, -0.05) is 23.2 Å². The molecule has 0 saturated heterocycles. The number of rotatable bonds is 7. The number of halogens is 2. The van der Waals surface area contributed by atoms with E-state index in [0.717, 1.165) is 0 Å². The average molecular weight is 403 g/mol. The molecule has 2 aromatic carbocycles. The number of benzene rings is 2. The van der Waals surface area contributed by atoms with Crippen molar-refractivity contribution in [3.05, 3.63) is 52.0 Å². The largest absolute Gasteiger partial charge is 0.494 e. The van der Waals surface area contributed by atoms with Crippen molar-refractivity contribution in [1.29, 1.82) is 0 Å². The highest BCUT2D eigenvalue weighted by Crippen LogP contribution is 2.33. The fourth-order valence-corrected chi connectivity index (χ4v) is 3.40. The number of hydrogen-bond acceptors (Lipinski definition) is 5. The van der Waals surface area contributed by atoms with Gasteiger partial charge in [-0.2, -0.15) is 13.5 Å². The predicted molar refractivity (Wildman–Crippen MR) is 98.5 cm³/mol. The molecule has 0 bridgehead atoms. The summed E-state index contributed by atoms with van der Waals surface area (Å²) in [5, 5.41) is 4.33. The molecule has 134 valence electrons. The maximum Gasteiger partial charge on any atom is 0.276 e. The van der Waals surface area contributed by atoms with Crippen molar-refractivity contribution in [3.8, 4) is 11.5 Å². The van der Waals surface area contributed by atoms with Crippen LogP contribution in [0.2, 0.25) is 10.0 Å². The summed E-state index contributed by atoms with van der Waals surface area (Å²) in [6.07, 6.45) is 1.29. The lowest BCUT2D eigenvalue weighted by atomic mass is 10.2. The van der Waals surface area contributed by atoms with Crippen LogP contribution in [0, 0.1) is 0 Å². The molecular weight excluding hydrogens is 387 g/mol. The third kappa shape index (κ3) is 5.01.